The van der Waals surface area contributed by atoms with Crippen LogP contribution in [0.3, 0.4) is 0 Å². The molecule has 0 heterocycles. The summed E-state index contributed by atoms with van der Waals surface area (Å²) < 4.78 is 6.18. The molecule has 1 aliphatic rings. The maximum absolute atomic E-state index is 11.9. The Morgan fingerprint density at radius 3 is 2.76 bits per heavy atom. The molecule has 0 saturated heterocycles. The van der Waals surface area contributed by atoms with E-state index in [1.165, 1.54) is 0 Å². The zero-order valence-electron chi connectivity index (χ0n) is 9.94. The molecule has 0 spiro atoms. The topological polar surface area (TPSA) is 52.3 Å². The van der Waals surface area contributed by atoms with Gasteiger partial charge in [-0.25, -0.2) is 0 Å². The van der Waals surface area contributed by atoms with Gasteiger partial charge in [0, 0.05) is 10.4 Å². The molecule has 3 nitrogen and oxygen atoms in total. The maximum atomic E-state index is 11.9. The van der Waals surface area contributed by atoms with E-state index in [1.54, 1.807) is 0 Å². The molecule has 2 unspecified atom stereocenters. The number of nitrogens with two attached hydrogens (primary N) is 1. The molecular formula is C13H16BrNO2. The van der Waals surface area contributed by atoms with Crippen LogP contribution in [0.1, 0.15) is 31.7 Å². The van der Waals surface area contributed by atoms with Gasteiger partial charge in [0.15, 0.2) is 0 Å². The lowest BCUT2D eigenvalue weighted by Crippen LogP contribution is -2.38. The van der Waals surface area contributed by atoms with Gasteiger partial charge < -0.3 is 10.5 Å². The summed E-state index contributed by atoms with van der Waals surface area (Å²) in [5, 5.41) is 0. The van der Waals surface area contributed by atoms with Gasteiger partial charge in [-0.05, 0) is 31.9 Å². The van der Waals surface area contributed by atoms with Crippen LogP contribution in [0.4, 0.5) is 0 Å². The van der Waals surface area contributed by atoms with E-state index in [2.05, 4.69) is 15.9 Å². The number of esters is 1. The van der Waals surface area contributed by atoms with Crippen LogP contribution in [0.2, 0.25) is 0 Å². The summed E-state index contributed by atoms with van der Waals surface area (Å²) >= 11 is 3.48. The van der Waals surface area contributed by atoms with Crippen molar-refractivity contribution in [2.24, 2.45) is 5.73 Å². The fourth-order valence-electron chi connectivity index (χ4n) is 1.97. The monoisotopic (exact) mass is 297 g/mol. The molecule has 1 aliphatic carbocycles. The summed E-state index contributed by atoms with van der Waals surface area (Å²) in [6, 6.07) is 7.85. The van der Waals surface area contributed by atoms with Gasteiger partial charge in [0.05, 0.1) is 6.10 Å². The van der Waals surface area contributed by atoms with Crippen molar-refractivity contribution < 1.29 is 9.53 Å². The first kappa shape index (κ1) is 12.6. The second-order valence-corrected chi connectivity index (χ2v) is 5.63. The zero-order valence-corrected chi connectivity index (χ0v) is 11.5. The Hall–Kier alpha value is -0.870. The van der Waals surface area contributed by atoms with Crippen LogP contribution in [0.5, 0.6) is 0 Å². The fourth-order valence-corrected chi connectivity index (χ4v) is 2.53. The van der Waals surface area contributed by atoms with Crippen molar-refractivity contribution in [3.63, 3.8) is 0 Å². The summed E-state index contributed by atoms with van der Waals surface area (Å²) in [5.41, 5.74) is 6.33. The van der Waals surface area contributed by atoms with Gasteiger partial charge in [-0.1, -0.05) is 34.1 Å². The van der Waals surface area contributed by atoms with Gasteiger partial charge in [0.2, 0.25) is 0 Å². The van der Waals surface area contributed by atoms with Gasteiger partial charge in [0.25, 0.3) is 0 Å². The number of hydrogen-bond donors (Lipinski definition) is 1. The molecule has 1 fully saturated rings. The second-order valence-electron chi connectivity index (χ2n) is 4.77. The number of carbonyl (C=O) groups is 1. The van der Waals surface area contributed by atoms with Crippen LogP contribution in [0, 0.1) is 0 Å². The minimum Gasteiger partial charge on any atom is -0.462 e. The zero-order chi connectivity index (χ0) is 12.6. The molecule has 2 rings (SSSR count). The Morgan fingerprint density at radius 2 is 2.18 bits per heavy atom. The molecule has 2 atom stereocenters. The van der Waals surface area contributed by atoms with Crippen molar-refractivity contribution in [2.75, 3.05) is 0 Å². The van der Waals surface area contributed by atoms with Crippen LogP contribution in [0.15, 0.2) is 28.7 Å². The minimum atomic E-state index is -0.839. The predicted molar refractivity (Wildman–Crippen MR) is 69.6 cm³/mol. The average Bonchev–Trinajstić information content (AvgIpc) is 2.92. The van der Waals surface area contributed by atoms with Crippen LogP contribution in [0.25, 0.3) is 0 Å². The van der Waals surface area contributed by atoms with E-state index in [4.69, 9.17) is 10.5 Å². The highest BCUT2D eigenvalue weighted by Gasteiger charge is 2.59. The van der Waals surface area contributed by atoms with Crippen LogP contribution in [-0.2, 0) is 9.53 Å². The normalized spacial score (nSPS) is 27.0. The average molecular weight is 298 g/mol. The Labute approximate surface area is 109 Å². The van der Waals surface area contributed by atoms with Crippen molar-refractivity contribution in [1.82, 2.24) is 0 Å². The molecule has 0 bridgehead atoms. The molecule has 0 amide bonds. The van der Waals surface area contributed by atoms with Gasteiger partial charge in [-0.2, -0.15) is 0 Å². The molecule has 92 valence electrons. The van der Waals surface area contributed by atoms with Crippen molar-refractivity contribution in [2.45, 2.75) is 37.8 Å². The van der Waals surface area contributed by atoms with Crippen LogP contribution in [-0.4, -0.2) is 17.6 Å². The predicted octanol–water partition coefficient (Wildman–Crippen LogP) is 2.59. The molecular weight excluding hydrogens is 282 g/mol. The van der Waals surface area contributed by atoms with Crippen LogP contribution < -0.4 is 5.73 Å². The van der Waals surface area contributed by atoms with E-state index in [0.29, 0.717) is 6.42 Å². The fraction of sp³-hybridized carbons (Fsp3) is 0.462. The van der Waals surface area contributed by atoms with Gasteiger partial charge >= 0.3 is 5.97 Å². The maximum Gasteiger partial charge on any atom is 0.327 e. The highest BCUT2D eigenvalue weighted by Crippen LogP contribution is 2.52. The molecule has 2 N–H and O–H groups in total. The number of benzene rings is 1. The summed E-state index contributed by atoms with van der Waals surface area (Å²) in [5.74, 6) is -0.238. The van der Waals surface area contributed by atoms with Crippen molar-refractivity contribution in [3.05, 3.63) is 34.3 Å². The Kier molecular flexibility index (Phi) is 3.27. The Morgan fingerprint density at radius 1 is 1.53 bits per heavy atom. The van der Waals surface area contributed by atoms with Gasteiger partial charge in [0.1, 0.15) is 5.54 Å². The molecule has 17 heavy (non-hydrogen) atoms. The highest BCUT2D eigenvalue weighted by atomic mass is 79.9. The molecule has 4 heteroatoms. The van der Waals surface area contributed by atoms with E-state index in [-0.39, 0.29) is 18.0 Å². The Bertz CT molecular complexity index is 447. The third kappa shape index (κ3) is 2.38. The summed E-state index contributed by atoms with van der Waals surface area (Å²) in [7, 11) is 0. The van der Waals surface area contributed by atoms with Crippen LogP contribution >= 0.6 is 15.9 Å². The lowest BCUT2D eigenvalue weighted by atomic mass is 10.1. The summed E-state index contributed by atoms with van der Waals surface area (Å²) in [6.45, 7) is 3.66. The number of carbonyl (C=O) groups excluding carboxylic acids is 1. The lowest BCUT2D eigenvalue weighted by Gasteiger charge is -2.14. The molecule has 1 aromatic carbocycles. The number of halogens is 1. The van der Waals surface area contributed by atoms with E-state index in [9.17, 15) is 4.79 Å². The van der Waals surface area contributed by atoms with Crippen molar-refractivity contribution >= 4 is 21.9 Å². The Balaban J connectivity index is 2.14. The van der Waals surface area contributed by atoms with Crippen molar-refractivity contribution in [1.29, 1.82) is 0 Å². The van der Waals surface area contributed by atoms with Gasteiger partial charge in [-0.15, -0.1) is 0 Å². The minimum absolute atomic E-state index is 0.0596. The van der Waals surface area contributed by atoms with E-state index in [0.717, 1.165) is 10.0 Å². The van der Waals surface area contributed by atoms with E-state index in [1.807, 2.05) is 38.1 Å². The first-order valence-electron chi connectivity index (χ1n) is 5.69. The third-order valence-corrected chi connectivity index (χ3v) is 3.73. The molecule has 0 aromatic heterocycles. The standard InChI is InChI=1S/C13H16BrNO2/c1-8(2)17-12(16)13(15)7-10(13)9-5-3-4-6-11(9)14/h3-6,8,10H,7,15H2,1-2H3. The largest absolute Gasteiger partial charge is 0.462 e. The first-order valence-corrected chi connectivity index (χ1v) is 6.49. The van der Waals surface area contributed by atoms with E-state index < -0.39 is 5.54 Å². The molecule has 0 radical (unpaired) electrons. The summed E-state index contributed by atoms with van der Waals surface area (Å²) in [4.78, 5) is 11.9. The number of hydrogen-bond acceptors (Lipinski definition) is 3. The molecule has 0 aliphatic heterocycles. The highest BCUT2D eigenvalue weighted by molar-refractivity contribution is 9.10. The third-order valence-electron chi connectivity index (χ3n) is 3.01. The SMILES string of the molecule is CC(C)OC(=O)C1(N)CC1c1ccccc1Br. The number of ether oxygens (including phenoxy) is 1. The lowest BCUT2D eigenvalue weighted by molar-refractivity contribution is -0.150. The van der Waals surface area contributed by atoms with Crippen molar-refractivity contribution in [3.8, 4) is 0 Å². The summed E-state index contributed by atoms with van der Waals surface area (Å²) in [6.07, 6.45) is 0.532. The molecule has 1 aromatic rings. The van der Waals surface area contributed by atoms with E-state index >= 15 is 0 Å². The quantitative estimate of drug-likeness (QED) is 0.873. The number of rotatable bonds is 3. The van der Waals surface area contributed by atoms with Gasteiger partial charge in [-0.3, -0.25) is 4.79 Å². The molecule has 1 saturated carbocycles. The smallest absolute Gasteiger partial charge is 0.327 e. The second kappa shape index (κ2) is 4.42. The first-order chi connectivity index (χ1) is 7.95.